The molecule has 2 aromatic heterocycles. The zero-order chi connectivity index (χ0) is 21.5. The molecule has 0 fully saturated rings. The second-order valence-corrected chi connectivity index (χ2v) is 7.65. The van der Waals surface area contributed by atoms with E-state index in [4.69, 9.17) is 0 Å². The fourth-order valence-electron chi connectivity index (χ4n) is 2.85. The number of aryl methyl sites for hydroxylation is 1. The molecule has 0 bridgehead atoms. The number of rotatable bonds is 7. The van der Waals surface area contributed by atoms with Crippen molar-refractivity contribution >= 4 is 23.9 Å². The van der Waals surface area contributed by atoms with E-state index in [-0.39, 0.29) is 11.7 Å². The Morgan fingerprint density at radius 1 is 1.03 bits per heavy atom. The van der Waals surface area contributed by atoms with Crippen molar-refractivity contribution in [1.82, 2.24) is 25.2 Å². The number of nitrogens with zero attached hydrogens (tertiary/aromatic N) is 5. The highest BCUT2D eigenvalue weighted by Crippen LogP contribution is 2.28. The largest absolute Gasteiger partial charge is 0.272 e. The lowest BCUT2D eigenvalue weighted by Crippen LogP contribution is -2.20. The van der Waals surface area contributed by atoms with Gasteiger partial charge in [0.1, 0.15) is 0 Å². The normalized spacial score (nSPS) is 11.0. The lowest BCUT2D eigenvalue weighted by Gasteiger charge is -2.10. The van der Waals surface area contributed by atoms with Gasteiger partial charge < -0.3 is 0 Å². The topological polar surface area (TPSA) is 85.1 Å². The summed E-state index contributed by atoms with van der Waals surface area (Å²) in [6, 6.07) is 21.6. The number of aromatic nitrogens is 4. The third-order valence-electron chi connectivity index (χ3n) is 4.40. The Bertz CT molecular complexity index is 1170. The second-order valence-electron chi connectivity index (χ2n) is 6.71. The van der Waals surface area contributed by atoms with E-state index in [0.717, 1.165) is 22.6 Å². The van der Waals surface area contributed by atoms with Crippen molar-refractivity contribution in [2.45, 2.75) is 12.1 Å². The average molecular weight is 429 g/mol. The first-order valence-corrected chi connectivity index (χ1v) is 10.6. The number of thioether (sulfide) groups is 1. The van der Waals surface area contributed by atoms with Gasteiger partial charge in [-0.2, -0.15) is 5.10 Å². The molecule has 0 saturated heterocycles. The van der Waals surface area contributed by atoms with Gasteiger partial charge in [-0.25, -0.2) is 5.43 Å². The molecule has 8 heteroatoms. The zero-order valence-electron chi connectivity index (χ0n) is 16.8. The molecule has 2 heterocycles. The predicted molar refractivity (Wildman–Crippen MR) is 122 cm³/mol. The van der Waals surface area contributed by atoms with E-state index in [9.17, 15) is 4.79 Å². The fraction of sp³-hybridized carbons (Fsp3) is 0.0870. The molecule has 0 spiro atoms. The lowest BCUT2D eigenvalue weighted by atomic mass is 10.1. The van der Waals surface area contributed by atoms with Crippen LogP contribution in [0.4, 0.5) is 0 Å². The lowest BCUT2D eigenvalue weighted by molar-refractivity contribution is -0.118. The monoisotopic (exact) mass is 428 g/mol. The summed E-state index contributed by atoms with van der Waals surface area (Å²) in [5, 5.41) is 13.4. The molecule has 1 N–H and O–H groups in total. The van der Waals surface area contributed by atoms with Gasteiger partial charge >= 0.3 is 0 Å². The van der Waals surface area contributed by atoms with Crippen molar-refractivity contribution in [3.8, 4) is 17.1 Å². The molecular weight excluding hydrogens is 408 g/mol. The summed E-state index contributed by atoms with van der Waals surface area (Å²) in [6.45, 7) is 2.04. The summed E-state index contributed by atoms with van der Waals surface area (Å²) in [5.41, 5.74) is 6.46. The summed E-state index contributed by atoms with van der Waals surface area (Å²) >= 11 is 1.31. The van der Waals surface area contributed by atoms with Crippen molar-refractivity contribution in [2.24, 2.45) is 5.10 Å². The Morgan fingerprint density at radius 2 is 1.77 bits per heavy atom. The minimum atomic E-state index is -0.227. The Labute approximate surface area is 184 Å². The fourth-order valence-corrected chi connectivity index (χ4v) is 3.60. The van der Waals surface area contributed by atoms with E-state index in [1.807, 2.05) is 66.1 Å². The van der Waals surface area contributed by atoms with Crippen molar-refractivity contribution in [1.29, 1.82) is 0 Å². The maximum absolute atomic E-state index is 12.3. The number of benzene rings is 2. The smallest absolute Gasteiger partial charge is 0.250 e. The van der Waals surface area contributed by atoms with Crippen molar-refractivity contribution in [3.05, 3.63) is 90.3 Å². The molecule has 0 aliphatic carbocycles. The van der Waals surface area contributed by atoms with Crippen LogP contribution < -0.4 is 5.43 Å². The van der Waals surface area contributed by atoms with Gasteiger partial charge in [-0.15, -0.1) is 10.2 Å². The van der Waals surface area contributed by atoms with Crippen LogP contribution in [0.25, 0.3) is 17.1 Å². The quantitative estimate of drug-likeness (QED) is 0.274. The van der Waals surface area contributed by atoms with E-state index in [2.05, 4.69) is 25.7 Å². The van der Waals surface area contributed by atoms with Gasteiger partial charge in [0.15, 0.2) is 11.0 Å². The molecule has 0 aliphatic rings. The van der Waals surface area contributed by atoms with Gasteiger partial charge in [-0.05, 0) is 36.8 Å². The Balaban J connectivity index is 1.51. The van der Waals surface area contributed by atoms with Gasteiger partial charge in [0.2, 0.25) is 0 Å². The van der Waals surface area contributed by atoms with Gasteiger partial charge in [-0.3, -0.25) is 14.3 Å². The number of carbonyl (C=O) groups excluding carboxylic acids is 1. The predicted octanol–water partition coefficient (Wildman–Crippen LogP) is 3.88. The first kappa shape index (κ1) is 20.5. The zero-order valence-corrected chi connectivity index (χ0v) is 17.7. The third kappa shape index (κ3) is 5.23. The molecule has 4 rings (SSSR count). The molecule has 31 heavy (non-hydrogen) atoms. The van der Waals surface area contributed by atoms with E-state index in [1.54, 1.807) is 30.7 Å². The number of para-hydroxylation sites is 1. The van der Waals surface area contributed by atoms with Crippen LogP contribution in [0.5, 0.6) is 0 Å². The van der Waals surface area contributed by atoms with Crippen molar-refractivity contribution in [3.63, 3.8) is 0 Å². The first-order chi connectivity index (χ1) is 15.2. The van der Waals surface area contributed by atoms with Gasteiger partial charge in [0.05, 0.1) is 12.0 Å². The molecule has 4 aromatic rings. The highest BCUT2D eigenvalue weighted by Gasteiger charge is 2.17. The van der Waals surface area contributed by atoms with Gasteiger partial charge in [-0.1, -0.05) is 59.8 Å². The average Bonchev–Trinajstić information content (AvgIpc) is 3.23. The standard InChI is InChI=1S/C23H20N6OS/c1-17-7-9-19(10-8-17)22-27-28-23(29(22)20-5-3-2-4-6-20)31-16-21(30)26-25-15-18-11-13-24-14-12-18/h2-15H,16H2,1H3,(H,26,30). The van der Waals surface area contributed by atoms with E-state index in [1.165, 1.54) is 17.3 Å². The van der Waals surface area contributed by atoms with Crippen LogP contribution in [-0.2, 0) is 4.79 Å². The highest BCUT2D eigenvalue weighted by atomic mass is 32.2. The number of hydrogen-bond donors (Lipinski definition) is 1. The summed E-state index contributed by atoms with van der Waals surface area (Å²) < 4.78 is 1.96. The number of hydrogen-bond acceptors (Lipinski definition) is 6. The van der Waals surface area contributed by atoms with E-state index in [0.29, 0.717) is 5.16 Å². The summed E-state index contributed by atoms with van der Waals surface area (Å²) in [7, 11) is 0. The van der Waals surface area contributed by atoms with E-state index < -0.39 is 0 Å². The molecule has 154 valence electrons. The summed E-state index contributed by atoms with van der Waals surface area (Å²) in [5.74, 6) is 0.659. The SMILES string of the molecule is Cc1ccc(-c2nnc(SCC(=O)NN=Cc3ccncc3)n2-c2ccccc2)cc1. The molecule has 2 aromatic carbocycles. The number of pyridine rings is 1. The molecule has 0 aliphatic heterocycles. The number of hydrazone groups is 1. The van der Waals surface area contributed by atoms with Crippen LogP contribution in [0, 0.1) is 6.92 Å². The van der Waals surface area contributed by atoms with Crippen molar-refractivity contribution in [2.75, 3.05) is 5.75 Å². The van der Waals surface area contributed by atoms with Crippen LogP contribution in [0.15, 0.2) is 89.4 Å². The number of nitrogens with one attached hydrogen (secondary N) is 1. The number of amides is 1. The maximum Gasteiger partial charge on any atom is 0.250 e. The minimum absolute atomic E-state index is 0.159. The summed E-state index contributed by atoms with van der Waals surface area (Å²) in [6.07, 6.45) is 4.91. The van der Waals surface area contributed by atoms with Crippen LogP contribution in [0.3, 0.4) is 0 Å². The molecule has 1 amide bonds. The van der Waals surface area contributed by atoms with Gasteiger partial charge in [0.25, 0.3) is 5.91 Å². The molecular formula is C23H20N6OS. The second kappa shape index (κ2) is 9.82. The van der Waals surface area contributed by atoms with Crippen LogP contribution in [0.2, 0.25) is 0 Å². The Morgan fingerprint density at radius 3 is 2.52 bits per heavy atom. The maximum atomic E-state index is 12.3. The number of carbonyl (C=O) groups is 1. The molecule has 0 saturated carbocycles. The molecule has 0 atom stereocenters. The van der Waals surface area contributed by atoms with Crippen molar-refractivity contribution < 1.29 is 4.79 Å². The van der Waals surface area contributed by atoms with Crippen LogP contribution >= 0.6 is 11.8 Å². The van der Waals surface area contributed by atoms with Crippen LogP contribution in [-0.4, -0.2) is 37.6 Å². The summed E-state index contributed by atoms with van der Waals surface area (Å²) in [4.78, 5) is 16.2. The molecule has 0 unspecified atom stereocenters. The Kier molecular flexibility index (Phi) is 6.49. The Hall–Kier alpha value is -3.78. The first-order valence-electron chi connectivity index (χ1n) is 9.63. The minimum Gasteiger partial charge on any atom is -0.272 e. The van der Waals surface area contributed by atoms with Crippen LogP contribution in [0.1, 0.15) is 11.1 Å². The van der Waals surface area contributed by atoms with E-state index >= 15 is 0 Å². The third-order valence-corrected chi connectivity index (χ3v) is 5.33. The van der Waals surface area contributed by atoms with Gasteiger partial charge in [0, 0.05) is 23.6 Å². The highest BCUT2D eigenvalue weighted by molar-refractivity contribution is 7.99. The molecule has 7 nitrogen and oxygen atoms in total. The molecule has 0 radical (unpaired) electrons.